The van der Waals surface area contributed by atoms with Gasteiger partial charge in [-0.15, -0.1) is 11.3 Å². The average Bonchev–Trinajstić information content (AvgIpc) is 3.05. The molecule has 3 heterocycles. The lowest BCUT2D eigenvalue weighted by atomic mass is 9.75. The molecule has 3 aliphatic rings. The Labute approximate surface area is 168 Å². The largest absolute Gasteiger partial charge is 0.394 e. The van der Waals surface area contributed by atoms with Gasteiger partial charge in [-0.1, -0.05) is 30.7 Å². The highest BCUT2D eigenvalue weighted by atomic mass is 35.5. The first kappa shape index (κ1) is 19.0. The average molecular weight is 409 g/mol. The Kier molecular flexibility index (Phi) is 5.60. The predicted molar refractivity (Wildman–Crippen MR) is 109 cm³/mol. The van der Waals surface area contributed by atoms with Crippen molar-refractivity contribution in [2.45, 2.75) is 25.4 Å². The van der Waals surface area contributed by atoms with E-state index in [0.717, 1.165) is 33.4 Å². The van der Waals surface area contributed by atoms with Gasteiger partial charge in [-0.3, -0.25) is 4.79 Å². The molecule has 7 heteroatoms. The molecule has 0 radical (unpaired) electrons. The first-order chi connectivity index (χ1) is 13.1. The van der Waals surface area contributed by atoms with E-state index in [0.29, 0.717) is 31.5 Å². The van der Waals surface area contributed by atoms with Crippen molar-refractivity contribution < 1.29 is 14.6 Å². The van der Waals surface area contributed by atoms with Crippen LogP contribution in [0.15, 0.2) is 29.3 Å². The highest BCUT2D eigenvalue weighted by molar-refractivity contribution is 7.18. The molecule has 4 atom stereocenters. The van der Waals surface area contributed by atoms with Gasteiger partial charge in [0.2, 0.25) is 0 Å². The number of ether oxygens (including phenoxy) is 1. The number of morpholine rings is 1. The lowest BCUT2D eigenvalue weighted by Gasteiger charge is -2.33. The Hall–Kier alpha value is -1.34. The maximum atomic E-state index is 12.6. The summed E-state index contributed by atoms with van der Waals surface area (Å²) in [5.74, 6) is 0.970. The van der Waals surface area contributed by atoms with E-state index in [9.17, 15) is 9.90 Å². The number of thiophene rings is 1. The number of carbonyl (C=O) groups is 1. The van der Waals surface area contributed by atoms with Gasteiger partial charge in [0.25, 0.3) is 5.91 Å². The second-order valence-electron chi connectivity index (χ2n) is 7.49. The predicted octanol–water partition coefficient (Wildman–Crippen LogP) is 3.11. The second kappa shape index (κ2) is 7.95. The molecule has 2 N–H and O–H groups in total. The van der Waals surface area contributed by atoms with Gasteiger partial charge in [0.1, 0.15) is 0 Å². The zero-order valence-corrected chi connectivity index (χ0v) is 16.9. The fourth-order valence-corrected chi connectivity index (χ4v) is 5.76. The van der Waals surface area contributed by atoms with E-state index >= 15 is 0 Å². The van der Waals surface area contributed by atoms with Crippen LogP contribution in [0.3, 0.4) is 0 Å². The van der Waals surface area contributed by atoms with Crippen LogP contribution in [0.25, 0.3) is 0 Å². The summed E-state index contributed by atoms with van der Waals surface area (Å²) in [4.78, 5) is 15.7. The zero-order chi connectivity index (χ0) is 19.0. The third-order valence-corrected chi connectivity index (χ3v) is 7.18. The molecule has 0 saturated carbocycles. The van der Waals surface area contributed by atoms with Crippen LogP contribution >= 0.6 is 22.9 Å². The third kappa shape index (κ3) is 3.81. The summed E-state index contributed by atoms with van der Waals surface area (Å²) in [6.45, 7) is 4.92. The fraction of sp³-hybridized carbons (Fsp3) is 0.550. The summed E-state index contributed by atoms with van der Waals surface area (Å²) >= 11 is 7.73. The van der Waals surface area contributed by atoms with Crippen molar-refractivity contribution in [2.24, 2.45) is 11.8 Å². The Morgan fingerprint density at radius 2 is 2.33 bits per heavy atom. The molecule has 0 bridgehead atoms. The van der Waals surface area contributed by atoms with Crippen LogP contribution in [0.5, 0.6) is 0 Å². The minimum atomic E-state index is -0.168. The second-order valence-corrected chi connectivity index (χ2v) is 8.96. The van der Waals surface area contributed by atoms with Crippen molar-refractivity contribution >= 4 is 33.8 Å². The summed E-state index contributed by atoms with van der Waals surface area (Å²) in [7, 11) is 0. The monoisotopic (exact) mass is 408 g/mol. The molecule has 1 fully saturated rings. The van der Waals surface area contributed by atoms with Crippen LogP contribution in [-0.4, -0.2) is 50.0 Å². The minimum absolute atomic E-state index is 0.0160. The number of allylic oxidation sites excluding steroid dienone is 4. The zero-order valence-electron chi connectivity index (χ0n) is 15.4. The summed E-state index contributed by atoms with van der Waals surface area (Å²) in [5.41, 5.74) is 1.14. The van der Waals surface area contributed by atoms with Gasteiger partial charge in [-0.05, 0) is 41.9 Å². The molecule has 1 aromatic heterocycles. The summed E-state index contributed by atoms with van der Waals surface area (Å²) < 4.78 is 5.57. The van der Waals surface area contributed by atoms with Crippen LogP contribution in [0.2, 0.25) is 0 Å². The molecule has 1 aliphatic carbocycles. The fourth-order valence-electron chi connectivity index (χ4n) is 4.30. The lowest BCUT2D eigenvalue weighted by Crippen LogP contribution is -2.43. The van der Waals surface area contributed by atoms with Crippen molar-refractivity contribution in [1.82, 2.24) is 5.32 Å². The smallest absolute Gasteiger partial charge is 0.261 e. The van der Waals surface area contributed by atoms with Gasteiger partial charge >= 0.3 is 0 Å². The lowest BCUT2D eigenvalue weighted by molar-refractivity contribution is 0.00374. The van der Waals surface area contributed by atoms with Crippen LogP contribution in [0.1, 0.15) is 34.5 Å². The van der Waals surface area contributed by atoms with Crippen molar-refractivity contribution in [3.63, 3.8) is 0 Å². The molecule has 1 aromatic rings. The molecular formula is C20H25ClN2O3S. The number of fused-ring (bicyclic) bond motifs is 1. The van der Waals surface area contributed by atoms with Crippen LogP contribution in [0, 0.1) is 11.8 Å². The Bertz CT molecular complexity index is 775. The number of carbonyl (C=O) groups excluding carboxylic acids is 1. The number of hydrogen-bond donors (Lipinski definition) is 2. The van der Waals surface area contributed by atoms with Gasteiger partial charge in [-0.25, -0.2) is 0 Å². The van der Waals surface area contributed by atoms with Gasteiger partial charge in [0.15, 0.2) is 0 Å². The number of anilines is 1. The van der Waals surface area contributed by atoms with Gasteiger partial charge in [0, 0.05) is 24.7 Å². The van der Waals surface area contributed by atoms with Crippen molar-refractivity contribution in [3.05, 3.63) is 39.8 Å². The number of hydrogen-bond acceptors (Lipinski definition) is 5. The van der Waals surface area contributed by atoms with Gasteiger partial charge in [0.05, 0.1) is 29.2 Å². The van der Waals surface area contributed by atoms with Gasteiger partial charge in [-0.2, -0.15) is 0 Å². The van der Waals surface area contributed by atoms with Gasteiger partial charge < -0.3 is 20.1 Å². The van der Waals surface area contributed by atoms with E-state index in [1.54, 1.807) is 11.3 Å². The molecule has 4 unspecified atom stereocenters. The molecule has 2 aliphatic heterocycles. The van der Waals surface area contributed by atoms with Crippen LogP contribution < -0.4 is 10.2 Å². The van der Waals surface area contributed by atoms with E-state index < -0.39 is 0 Å². The third-order valence-electron chi connectivity index (χ3n) is 5.72. The number of nitrogens with one attached hydrogen (secondary N) is 1. The quantitative estimate of drug-likeness (QED) is 0.806. The summed E-state index contributed by atoms with van der Waals surface area (Å²) in [6, 6.07) is 2.19. The summed E-state index contributed by atoms with van der Waals surface area (Å²) in [6.07, 6.45) is 7.03. The molecule has 27 heavy (non-hydrogen) atoms. The molecule has 5 nitrogen and oxygen atoms in total. The van der Waals surface area contributed by atoms with E-state index in [1.165, 1.54) is 0 Å². The number of rotatable bonds is 3. The van der Waals surface area contributed by atoms with Crippen molar-refractivity contribution in [1.29, 1.82) is 0 Å². The van der Waals surface area contributed by atoms with E-state index in [4.69, 9.17) is 16.3 Å². The van der Waals surface area contributed by atoms with E-state index in [-0.39, 0.29) is 24.5 Å². The normalized spacial score (nSPS) is 31.1. The molecule has 0 spiro atoms. The molecule has 1 saturated heterocycles. The van der Waals surface area contributed by atoms with E-state index in [1.807, 2.05) is 6.08 Å². The highest BCUT2D eigenvalue weighted by Gasteiger charge is 2.34. The van der Waals surface area contributed by atoms with Crippen molar-refractivity contribution in [3.8, 4) is 0 Å². The summed E-state index contributed by atoms with van der Waals surface area (Å²) in [5, 5.41) is 14.4. The molecule has 146 valence electrons. The maximum Gasteiger partial charge on any atom is 0.261 e. The van der Waals surface area contributed by atoms with Crippen molar-refractivity contribution in [2.75, 3.05) is 37.7 Å². The molecule has 1 amide bonds. The topological polar surface area (TPSA) is 61.8 Å². The SMILES string of the molecule is CC1C=C(Cl)C=CC1C1CCNC(=O)c2sc(N3CCOC(CO)C3)cc21. The number of aliphatic hydroxyl groups is 1. The van der Waals surface area contributed by atoms with E-state index in [2.05, 4.69) is 35.4 Å². The highest BCUT2D eigenvalue weighted by Crippen LogP contribution is 2.44. The van der Waals surface area contributed by atoms with Crippen LogP contribution in [-0.2, 0) is 4.74 Å². The molecular weight excluding hydrogens is 384 g/mol. The number of aliphatic hydroxyl groups excluding tert-OH is 1. The molecule has 4 rings (SSSR count). The van der Waals surface area contributed by atoms with Crippen LogP contribution in [0.4, 0.5) is 5.00 Å². The first-order valence-corrected chi connectivity index (χ1v) is 10.7. The standard InChI is InChI=1S/C20H25ClN2O3S/c1-12-8-13(21)2-3-15(12)16-4-5-22-20(25)19-17(16)9-18(27-19)23-6-7-26-14(10-23)11-24/h2-3,8-9,12,14-16,24H,4-7,10-11H2,1H3,(H,22,25). The first-order valence-electron chi connectivity index (χ1n) is 9.51. The number of amides is 1. The maximum absolute atomic E-state index is 12.6. The Balaban J connectivity index is 1.66. The number of halogens is 1. The minimum Gasteiger partial charge on any atom is -0.394 e. The Morgan fingerprint density at radius 1 is 1.48 bits per heavy atom. The Morgan fingerprint density at radius 3 is 3.11 bits per heavy atom. The molecule has 0 aromatic carbocycles. The number of nitrogens with zero attached hydrogens (tertiary/aromatic N) is 1.